The zero-order valence-corrected chi connectivity index (χ0v) is 26.8. The Morgan fingerprint density at radius 3 is 2.39 bits per heavy atom. The molecule has 44 heavy (non-hydrogen) atoms. The molecule has 0 saturated carbocycles. The van der Waals surface area contributed by atoms with Crippen LogP contribution in [0, 0.1) is 6.92 Å². The van der Waals surface area contributed by atoms with Crippen LogP contribution in [0.15, 0.2) is 54.7 Å². The van der Waals surface area contributed by atoms with Crippen LogP contribution < -0.4 is 11.1 Å². The normalized spacial score (nSPS) is 11.4. The number of aryl methyl sites for hydroxylation is 1. The molecule has 0 bridgehead atoms. The number of ether oxygens (including phenoxy) is 3. The van der Waals surface area contributed by atoms with Gasteiger partial charge in [0.15, 0.2) is 11.5 Å². The van der Waals surface area contributed by atoms with Crippen LogP contribution in [0.4, 0.5) is 16.3 Å². The molecule has 0 aliphatic carbocycles. The highest BCUT2D eigenvalue weighted by molar-refractivity contribution is 6.06. The van der Waals surface area contributed by atoms with Crippen LogP contribution in [0.5, 0.6) is 0 Å². The molecule has 0 saturated heterocycles. The number of hydrogen-bond donors (Lipinski definition) is 2. The van der Waals surface area contributed by atoms with Gasteiger partial charge in [0.25, 0.3) is 5.91 Å². The maximum absolute atomic E-state index is 13.0. The largest absolute Gasteiger partial charge is 0.444 e. The molecule has 0 spiro atoms. The molecular weight excluding hydrogens is 560 g/mol. The summed E-state index contributed by atoms with van der Waals surface area (Å²) >= 11 is 0. The van der Waals surface area contributed by atoms with Crippen LogP contribution >= 0.6 is 0 Å². The number of hydrogen-bond acceptors (Lipinski definition) is 9. The summed E-state index contributed by atoms with van der Waals surface area (Å²) in [5.41, 5.74) is 9.50. The molecule has 0 aliphatic heterocycles. The molecule has 11 nitrogen and oxygen atoms in total. The topological polar surface area (TPSA) is 132 Å². The van der Waals surface area contributed by atoms with Crippen molar-refractivity contribution in [3.63, 3.8) is 0 Å². The van der Waals surface area contributed by atoms with Crippen molar-refractivity contribution in [2.75, 3.05) is 64.6 Å². The lowest BCUT2D eigenvalue weighted by Gasteiger charge is -2.27. The van der Waals surface area contributed by atoms with Gasteiger partial charge in [-0.05, 0) is 72.5 Å². The SMILES string of the molecule is Cc1ccc(-c2cnc(N)c(C(=O)Nc3cccc(COCCOCCN(CCCN(C)C)C(=O)OC(C)(C)C)c3)n2)cc1. The summed E-state index contributed by atoms with van der Waals surface area (Å²) in [5, 5.41) is 2.85. The maximum atomic E-state index is 13.0. The Kier molecular flexibility index (Phi) is 13.1. The highest BCUT2D eigenvalue weighted by Crippen LogP contribution is 2.20. The van der Waals surface area contributed by atoms with Crippen LogP contribution in [0.25, 0.3) is 11.3 Å². The van der Waals surface area contributed by atoms with Crippen LogP contribution in [0.2, 0.25) is 0 Å². The fourth-order valence-corrected chi connectivity index (χ4v) is 4.14. The van der Waals surface area contributed by atoms with Crippen molar-refractivity contribution < 1.29 is 23.8 Å². The highest BCUT2D eigenvalue weighted by atomic mass is 16.6. The lowest BCUT2D eigenvalue weighted by Crippen LogP contribution is -2.40. The average molecular weight is 607 g/mol. The zero-order chi connectivity index (χ0) is 32.1. The first-order valence-electron chi connectivity index (χ1n) is 14.8. The number of aromatic nitrogens is 2. The third kappa shape index (κ3) is 11.9. The number of amides is 2. The number of carbonyl (C=O) groups is 2. The van der Waals surface area contributed by atoms with E-state index in [2.05, 4.69) is 20.2 Å². The number of nitrogens with zero attached hydrogens (tertiary/aromatic N) is 4. The standard InChI is InChI=1S/C33H46N6O5/c1-24-11-13-26(14-12-24)28-22-35-30(34)29(37-28)31(40)36-27-10-7-9-25(21-27)23-43-20-19-42-18-17-39(16-8-15-38(5)6)32(41)44-33(2,3)4/h7,9-14,21-22H,8,15-20,23H2,1-6H3,(H2,34,35)(H,36,40). The second kappa shape index (κ2) is 16.7. The highest BCUT2D eigenvalue weighted by Gasteiger charge is 2.22. The van der Waals surface area contributed by atoms with Crippen molar-refractivity contribution in [1.29, 1.82) is 0 Å². The van der Waals surface area contributed by atoms with Crippen LogP contribution in [0.1, 0.15) is 48.8 Å². The molecule has 3 aromatic rings. The second-order valence-corrected chi connectivity index (χ2v) is 11.8. The molecule has 3 rings (SSSR count). The number of nitrogens with two attached hydrogens (primary N) is 1. The lowest BCUT2D eigenvalue weighted by molar-refractivity contribution is 0.00878. The molecule has 1 aromatic heterocycles. The predicted molar refractivity (Wildman–Crippen MR) is 172 cm³/mol. The first-order valence-corrected chi connectivity index (χ1v) is 14.8. The Balaban J connectivity index is 1.44. The Morgan fingerprint density at radius 1 is 0.955 bits per heavy atom. The fourth-order valence-electron chi connectivity index (χ4n) is 4.14. The van der Waals surface area contributed by atoms with Gasteiger partial charge in [0.1, 0.15) is 5.60 Å². The monoisotopic (exact) mass is 606 g/mol. The number of rotatable bonds is 15. The maximum Gasteiger partial charge on any atom is 0.410 e. The van der Waals surface area contributed by atoms with Crippen molar-refractivity contribution in [2.24, 2.45) is 0 Å². The summed E-state index contributed by atoms with van der Waals surface area (Å²) in [7, 11) is 4.01. The predicted octanol–water partition coefficient (Wildman–Crippen LogP) is 5.01. The van der Waals surface area contributed by atoms with E-state index in [1.807, 2.05) is 84.3 Å². The number of nitrogens with one attached hydrogen (secondary N) is 1. The van der Waals surface area contributed by atoms with Gasteiger partial charge in [0, 0.05) is 24.3 Å². The van der Waals surface area contributed by atoms with Crippen molar-refractivity contribution in [1.82, 2.24) is 19.8 Å². The molecule has 0 aliphatic rings. The van der Waals surface area contributed by atoms with E-state index >= 15 is 0 Å². The Bertz CT molecular complexity index is 1360. The zero-order valence-electron chi connectivity index (χ0n) is 26.8. The van der Waals surface area contributed by atoms with Gasteiger partial charge in [0.2, 0.25) is 0 Å². The Labute approximate surface area is 260 Å². The molecule has 1 heterocycles. The van der Waals surface area contributed by atoms with Gasteiger partial charge in [-0.3, -0.25) is 4.79 Å². The number of benzene rings is 2. The first-order chi connectivity index (χ1) is 20.9. The summed E-state index contributed by atoms with van der Waals surface area (Å²) < 4.78 is 17.1. The third-order valence-corrected chi connectivity index (χ3v) is 6.38. The minimum absolute atomic E-state index is 0.0561. The average Bonchev–Trinajstić information content (AvgIpc) is 2.95. The van der Waals surface area contributed by atoms with Crippen LogP contribution in [-0.2, 0) is 20.8 Å². The van der Waals surface area contributed by atoms with Gasteiger partial charge in [-0.15, -0.1) is 0 Å². The third-order valence-electron chi connectivity index (χ3n) is 6.38. The van der Waals surface area contributed by atoms with Crippen molar-refractivity contribution in [3.05, 3.63) is 71.5 Å². The van der Waals surface area contributed by atoms with Gasteiger partial charge < -0.3 is 35.1 Å². The lowest BCUT2D eigenvalue weighted by atomic mass is 10.1. The summed E-state index contributed by atoms with van der Waals surface area (Å²) in [6, 6.07) is 15.2. The molecule has 2 aromatic carbocycles. The van der Waals surface area contributed by atoms with Crippen molar-refractivity contribution >= 4 is 23.5 Å². The molecule has 3 N–H and O–H groups in total. The van der Waals surface area contributed by atoms with Crippen LogP contribution in [-0.4, -0.2) is 90.9 Å². The van der Waals surface area contributed by atoms with E-state index < -0.39 is 11.5 Å². The number of nitrogen functional groups attached to an aromatic ring is 1. The molecule has 11 heteroatoms. The summed E-state index contributed by atoms with van der Waals surface area (Å²) in [6.45, 7) is 11.0. The molecule has 0 atom stereocenters. The van der Waals surface area contributed by atoms with E-state index in [4.69, 9.17) is 19.9 Å². The number of carbonyl (C=O) groups excluding carboxylic acids is 2. The van der Waals surface area contributed by atoms with Gasteiger partial charge in [-0.1, -0.05) is 42.0 Å². The molecule has 2 amide bonds. The summed E-state index contributed by atoms with van der Waals surface area (Å²) in [5.74, 6) is -0.391. The summed E-state index contributed by atoms with van der Waals surface area (Å²) in [6.07, 6.45) is 2.06. The molecular formula is C33H46N6O5. The molecule has 0 radical (unpaired) electrons. The van der Waals surface area contributed by atoms with E-state index in [0.29, 0.717) is 50.9 Å². The van der Waals surface area contributed by atoms with Gasteiger partial charge in [-0.2, -0.15) is 0 Å². The first kappa shape index (κ1) is 34.4. The van der Waals surface area contributed by atoms with Gasteiger partial charge in [-0.25, -0.2) is 14.8 Å². The summed E-state index contributed by atoms with van der Waals surface area (Å²) in [4.78, 5) is 38.0. The second-order valence-electron chi connectivity index (χ2n) is 11.8. The Hall–Kier alpha value is -4.06. The minimum Gasteiger partial charge on any atom is -0.444 e. The van der Waals surface area contributed by atoms with Gasteiger partial charge >= 0.3 is 6.09 Å². The van der Waals surface area contributed by atoms with Crippen molar-refractivity contribution in [3.8, 4) is 11.3 Å². The van der Waals surface area contributed by atoms with E-state index in [1.165, 1.54) is 0 Å². The molecule has 0 fully saturated rings. The smallest absolute Gasteiger partial charge is 0.410 e. The van der Waals surface area contributed by atoms with E-state index in [-0.39, 0.29) is 17.6 Å². The van der Waals surface area contributed by atoms with Crippen LogP contribution in [0.3, 0.4) is 0 Å². The van der Waals surface area contributed by atoms with E-state index in [9.17, 15) is 9.59 Å². The Morgan fingerprint density at radius 2 is 1.68 bits per heavy atom. The number of anilines is 2. The molecule has 238 valence electrons. The molecule has 0 unspecified atom stereocenters. The fraction of sp³-hybridized carbons (Fsp3) is 0.455. The van der Waals surface area contributed by atoms with Crippen molar-refractivity contribution in [2.45, 2.75) is 46.3 Å². The minimum atomic E-state index is -0.556. The van der Waals surface area contributed by atoms with E-state index in [0.717, 1.165) is 29.7 Å². The van der Waals surface area contributed by atoms with E-state index in [1.54, 1.807) is 17.2 Å². The quantitative estimate of drug-likeness (QED) is 0.229. The van der Waals surface area contributed by atoms with Gasteiger partial charge in [0.05, 0.1) is 38.3 Å².